The quantitative estimate of drug-likeness (QED) is 0.488. The molecule has 2 rings (SSSR count). The van der Waals surface area contributed by atoms with Crippen LogP contribution in [-0.2, 0) is 4.79 Å². The van der Waals surface area contributed by atoms with Crippen molar-refractivity contribution in [2.24, 2.45) is 5.10 Å². The summed E-state index contributed by atoms with van der Waals surface area (Å²) in [4.78, 5) is 21.5. The first-order chi connectivity index (χ1) is 11.9. The summed E-state index contributed by atoms with van der Waals surface area (Å²) in [5.41, 5.74) is 4.11. The Kier molecular flexibility index (Phi) is 5.67. The van der Waals surface area contributed by atoms with E-state index in [9.17, 15) is 20.0 Å². The third-order valence-corrected chi connectivity index (χ3v) is 3.27. The van der Waals surface area contributed by atoms with Gasteiger partial charge < -0.3 is 9.84 Å². The van der Waals surface area contributed by atoms with Crippen LogP contribution in [0, 0.1) is 24.0 Å². The minimum Gasteiger partial charge on any atom is -0.868 e. The van der Waals surface area contributed by atoms with Crippen LogP contribution in [0.5, 0.6) is 11.5 Å². The molecule has 0 unspecified atom stereocenters. The monoisotopic (exact) mass is 342 g/mol. The first-order valence-corrected chi connectivity index (χ1v) is 7.34. The first kappa shape index (κ1) is 17.9. The Hall–Kier alpha value is -3.42. The van der Waals surface area contributed by atoms with Gasteiger partial charge in [0.05, 0.1) is 11.1 Å². The van der Waals surface area contributed by atoms with Gasteiger partial charge in [0.2, 0.25) is 0 Å². The predicted octanol–water partition coefficient (Wildman–Crippen LogP) is 1.81. The Morgan fingerprint density at radius 3 is 2.68 bits per heavy atom. The molecule has 0 saturated heterocycles. The van der Waals surface area contributed by atoms with E-state index in [1.54, 1.807) is 6.07 Å². The molecule has 0 aliphatic rings. The fraction of sp³-hybridized carbons (Fsp3) is 0.176. The number of ether oxygens (including phenoxy) is 1. The van der Waals surface area contributed by atoms with Gasteiger partial charge in [-0.25, -0.2) is 5.43 Å². The second-order valence-electron chi connectivity index (χ2n) is 5.34. The summed E-state index contributed by atoms with van der Waals surface area (Å²) >= 11 is 0. The van der Waals surface area contributed by atoms with Crippen LogP contribution in [0.3, 0.4) is 0 Å². The number of carbonyl (C=O) groups excluding carboxylic acids is 1. The number of hydrogen-bond donors (Lipinski definition) is 1. The summed E-state index contributed by atoms with van der Waals surface area (Å²) in [7, 11) is 0. The third-order valence-electron chi connectivity index (χ3n) is 3.27. The van der Waals surface area contributed by atoms with E-state index in [1.807, 2.05) is 26.0 Å². The van der Waals surface area contributed by atoms with E-state index in [2.05, 4.69) is 10.5 Å². The Morgan fingerprint density at radius 1 is 1.28 bits per heavy atom. The van der Waals surface area contributed by atoms with E-state index in [0.717, 1.165) is 23.3 Å². The van der Waals surface area contributed by atoms with Crippen molar-refractivity contribution in [2.45, 2.75) is 13.8 Å². The van der Waals surface area contributed by atoms with Crippen molar-refractivity contribution in [3.8, 4) is 11.5 Å². The van der Waals surface area contributed by atoms with Gasteiger partial charge in [-0.1, -0.05) is 23.8 Å². The number of hydrogen-bond acceptors (Lipinski definition) is 6. The van der Waals surface area contributed by atoms with Gasteiger partial charge in [0.25, 0.3) is 11.6 Å². The number of hydrazone groups is 1. The molecule has 2 aromatic carbocycles. The van der Waals surface area contributed by atoms with E-state index >= 15 is 0 Å². The molecule has 2 aromatic rings. The maximum absolute atomic E-state index is 11.7. The van der Waals surface area contributed by atoms with Gasteiger partial charge in [-0.05, 0) is 42.9 Å². The Labute approximate surface area is 143 Å². The average Bonchev–Trinajstić information content (AvgIpc) is 2.53. The number of benzene rings is 2. The standard InChI is InChI=1S/C17H17N3O5/c1-11-3-6-16(12(2)7-11)25-10-17(22)19-18-9-13-4-5-14(20(23)24)15(21)8-13/h3-9,21H,10H2,1-2H3,(H,19,22)/p-1. The van der Waals surface area contributed by atoms with Gasteiger partial charge >= 0.3 is 0 Å². The highest BCUT2D eigenvalue weighted by atomic mass is 16.6. The van der Waals surface area contributed by atoms with Crippen molar-refractivity contribution in [1.29, 1.82) is 0 Å². The molecule has 1 amide bonds. The van der Waals surface area contributed by atoms with Crippen molar-refractivity contribution in [2.75, 3.05) is 6.61 Å². The van der Waals surface area contributed by atoms with E-state index in [1.165, 1.54) is 12.3 Å². The van der Waals surface area contributed by atoms with Crippen molar-refractivity contribution in [3.05, 3.63) is 63.2 Å². The number of nitro groups is 1. The topological polar surface area (TPSA) is 117 Å². The van der Waals surface area contributed by atoms with Gasteiger partial charge in [-0.3, -0.25) is 14.9 Å². The van der Waals surface area contributed by atoms with Crippen LogP contribution in [0.15, 0.2) is 41.5 Å². The molecule has 0 radical (unpaired) electrons. The molecule has 0 fully saturated rings. The molecule has 0 aliphatic heterocycles. The molecule has 8 nitrogen and oxygen atoms in total. The van der Waals surface area contributed by atoms with Crippen molar-refractivity contribution in [3.63, 3.8) is 0 Å². The van der Waals surface area contributed by atoms with Gasteiger partial charge in [0.15, 0.2) is 6.61 Å². The molecule has 8 heteroatoms. The van der Waals surface area contributed by atoms with Crippen molar-refractivity contribution in [1.82, 2.24) is 5.43 Å². The normalized spacial score (nSPS) is 10.6. The third kappa shape index (κ3) is 5.03. The summed E-state index contributed by atoms with van der Waals surface area (Å²) in [6.07, 6.45) is 1.22. The first-order valence-electron chi connectivity index (χ1n) is 7.34. The molecule has 0 aliphatic carbocycles. The van der Waals surface area contributed by atoms with Crippen LogP contribution in [0.2, 0.25) is 0 Å². The zero-order valence-corrected chi connectivity index (χ0v) is 13.7. The Morgan fingerprint density at radius 2 is 2.04 bits per heavy atom. The lowest BCUT2D eigenvalue weighted by molar-refractivity contribution is -0.398. The van der Waals surface area contributed by atoms with Crippen LogP contribution in [0.25, 0.3) is 0 Å². The van der Waals surface area contributed by atoms with Crippen LogP contribution in [-0.4, -0.2) is 23.7 Å². The summed E-state index contributed by atoms with van der Waals surface area (Å²) in [6.45, 7) is 3.63. The number of nitro benzene ring substituents is 1. The second kappa shape index (κ2) is 7.91. The summed E-state index contributed by atoms with van der Waals surface area (Å²) in [6, 6.07) is 9.14. The maximum Gasteiger partial charge on any atom is 0.277 e. The number of rotatable bonds is 6. The SMILES string of the molecule is Cc1ccc(OCC(=O)NN=Cc2ccc([N+](=O)[O-])c([O-])c2)c(C)c1. The van der Waals surface area contributed by atoms with Crippen LogP contribution < -0.4 is 15.3 Å². The molecule has 0 heterocycles. The van der Waals surface area contributed by atoms with Crippen molar-refractivity contribution >= 4 is 17.8 Å². The highest BCUT2D eigenvalue weighted by Crippen LogP contribution is 2.22. The summed E-state index contributed by atoms with van der Waals surface area (Å²) in [5, 5.41) is 25.7. The Balaban J connectivity index is 1.88. The molecule has 0 aromatic heterocycles. The molecule has 0 atom stereocenters. The lowest BCUT2D eigenvalue weighted by atomic mass is 10.1. The number of carbonyl (C=O) groups is 1. The highest BCUT2D eigenvalue weighted by molar-refractivity contribution is 5.83. The van der Waals surface area contributed by atoms with Gasteiger partial charge in [0.1, 0.15) is 5.75 Å². The fourth-order valence-corrected chi connectivity index (χ4v) is 2.08. The smallest absolute Gasteiger partial charge is 0.277 e. The van der Waals surface area contributed by atoms with E-state index in [4.69, 9.17) is 4.74 Å². The summed E-state index contributed by atoms with van der Waals surface area (Å²) in [5.74, 6) is -0.588. The van der Waals surface area contributed by atoms with Gasteiger partial charge in [0, 0.05) is 6.07 Å². The largest absolute Gasteiger partial charge is 0.868 e. The molecule has 25 heavy (non-hydrogen) atoms. The molecule has 0 bridgehead atoms. The van der Waals surface area contributed by atoms with E-state index in [0.29, 0.717) is 11.3 Å². The van der Waals surface area contributed by atoms with Crippen LogP contribution in [0.1, 0.15) is 16.7 Å². The van der Waals surface area contributed by atoms with E-state index < -0.39 is 22.3 Å². The lowest BCUT2D eigenvalue weighted by Crippen LogP contribution is -2.24. The lowest BCUT2D eigenvalue weighted by Gasteiger charge is -2.08. The summed E-state index contributed by atoms with van der Waals surface area (Å²) < 4.78 is 5.41. The van der Waals surface area contributed by atoms with Gasteiger partial charge in [-0.2, -0.15) is 5.10 Å². The number of nitrogens with zero attached hydrogens (tertiary/aromatic N) is 2. The molecule has 0 saturated carbocycles. The fourth-order valence-electron chi connectivity index (χ4n) is 2.08. The molecule has 0 spiro atoms. The maximum atomic E-state index is 11.7. The Bertz CT molecular complexity index is 833. The predicted molar refractivity (Wildman–Crippen MR) is 89.7 cm³/mol. The molecule has 130 valence electrons. The number of aryl methyl sites for hydroxylation is 2. The molecule has 1 N–H and O–H groups in total. The van der Waals surface area contributed by atoms with Crippen LogP contribution >= 0.6 is 0 Å². The number of nitrogens with one attached hydrogen (secondary N) is 1. The molecular weight excluding hydrogens is 326 g/mol. The second-order valence-corrected chi connectivity index (χ2v) is 5.34. The minimum absolute atomic E-state index is 0.214. The zero-order chi connectivity index (χ0) is 18.4. The zero-order valence-electron chi connectivity index (χ0n) is 13.7. The van der Waals surface area contributed by atoms with E-state index in [-0.39, 0.29) is 6.61 Å². The highest BCUT2D eigenvalue weighted by Gasteiger charge is 2.06. The molecular formula is C17H16N3O5-. The van der Waals surface area contributed by atoms with Crippen LogP contribution in [0.4, 0.5) is 5.69 Å². The average molecular weight is 342 g/mol. The van der Waals surface area contributed by atoms with Gasteiger partial charge in [-0.15, -0.1) is 0 Å². The minimum atomic E-state index is -0.755. The van der Waals surface area contributed by atoms with Crippen molar-refractivity contribution < 1.29 is 19.6 Å². The number of amides is 1.